The molecule has 0 saturated carbocycles. The Morgan fingerprint density at radius 1 is 1.16 bits per heavy atom. The number of amides is 4. The Hall–Kier alpha value is -3.32. The Morgan fingerprint density at radius 3 is 2.39 bits per heavy atom. The van der Waals surface area contributed by atoms with Crippen LogP contribution in [0.5, 0.6) is 0 Å². The van der Waals surface area contributed by atoms with E-state index < -0.39 is 65.7 Å². The number of alkyl carbamates (subject to hydrolysis) is 1. The summed E-state index contributed by atoms with van der Waals surface area (Å²) in [5, 5.41) is 27.5. The lowest BCUT2D eigenvalue weighted by Gasteiger charge is -2.42. The first kappa shape index (κ1) is 63.7. The maximum Gasteiger partial charge on any atom is 0.409 e. The number of nitrogens with zero attached hydrogens (tertiary/aromatic N) is 2. The van der Waals surface area contributed by atoms with Gasteiger partial charge >= 0.3 is 12.1 Å². The fourth-order valence-electron chi connectivity index (χ4n) is 7.68. The maximum absolute atomic E-state index is 14.3. The lowest BCUT2D eigenvalue weighted by Crippen LogP contribution is -2.63. The number of benzene rings is 1. The normalized spacial score (nSPS) is 26.1. The lowest BCUT2D eigenvalue weighted by atomic mass is 9.83. The van der Waals surface area contributed by atoms with Crippen LogP contribution in [0.25, 0.3) is 0 Å². The highest BCUT2D eigenvalue weighted by Crippen LogP contribution is 2.49. The second-order valence-corrected chi connectivity index (χ2v) is 20.7. The van der Waals surface area contributed by atoms with Crippen LogP contribution < -0.4 is 15.5 Å². The van der Waals surface area contributed by atoms with Gasteiger partial charge in [-0.1, -0.05) is 119 Å². The summed E-state index contributed by atoms with van der Waals surface area (Å²) < 4.78 is 29.3. The SMILES string of the molecule is CC.CC.CC.CCNC(=O)CCCSSC(C)(C)CCC(=O)N(C)[C@@H](C)C(=O)O[C@H]1CC(=O)N(C)c2cc(cc(CO)c2Cl)C/C(C)=C/C=C/[C@@H](OC)[C@@]2(O)C[C@H](OC(=O)N2)[C@@H](C)[C@@H]2O[C@@]12C.[2H]C. The molecular formula is C51H87ClN4O11S2. The van der Waals surface area contributed by atoms with Crippen LogP contribution in [0, 0.1) is 5.92 Å². The Morgan fingerprint density at radius 2 is 1.80 bits per heavy atom. The molecule has 1 aromatic carbocycles. The number of aliphatic hydroxyl groups is 2. The molecule has 15 nitrogen and oxygen atoms in total. The van der Waals surface area contributed by atoms with Crippen LogP contribution in [-0.2, 0) is 51.2 Å². The van der Waals surface area contributed by atoms with E-state index in [1.54, 1.807) is 73.7 Å². The highest BCUT2D eigenvalue weighted by Gasteiger charge is 2.64. The van der Waals surface area contributed by atoms with E-state index in [4.69, 9.17) is 31.9 Å². The third-order valence-corrected chi connectivity index (χ3v) is 15.7. The van der Waals surface area contributed by atoms with Gasteiger partial charge in [-0.2, -0.15) is 0 Å². The Balaban J connectivity index is 0.00000565. The van der Waals surface area contributed by atoms with Gasteiger partial charge in [-0.05, 0) is 78.0 Å². The van der Waals surface area contributed by atoms with E-state index in [2.05, 4.69) is 10.6 Å². The Labute approximate surface area is 428 Å². The number of nitrogens with one attached hydrogen (secondary N) is 2. The van der Waals surface area contributed by atoms with Gasteiger partial charge in [-0.3, -0.25) is 19.7 Å². The third-order valence-electron chi connectivity index (χ3n) is 11.8. The number of fused-ring (bicyclic) bond motifs is 5. The van der Waals surface area contributed by atoms with Gasteiger partial charge in [0.1, 0.15) is 30.0 Å². The zero-order valence-electron chi connectivity index (χ0n) is 45.6. The molecule has 69 heavy (non-hydrogen) atoms. The number of esters is 1. The Bertz CT molecular complexity index is 1880. The average molecular weight is 1030 g/mol. The van der Waals surface area contributed by atoms with Gasteiger partial charge in [0.15, 0.2) is 5.72 Å². The van der Waals surface area contributed by atoms with Crippen LogP contribution in [0.4, 0.5) is 10.5 Å². The van der Waals surface area contributed by atoms with E-state index in [-0.39, 0.29) is 47.5 Å². The number of carbonyl (C=O) groups is 5. The molecule has 0 aliphatic carbocycles. The van der Waals surface area contributed by atoms with Crippen molar-refractivity contribution in [2.45, 2.75) is 195 Å². The molecule has 4 rings (SSSR count). The van der Waals surface area contributed by atoms with E-state index in [0.717, 1.165) is 23.3 Å². The molecule has 4 bridgehead atoms. The molecule has 3 aliphatic rings. The summed E-state index contributed by atoms with van der Waals surface area (Å²) in [6.45, 7) is 25.2. The highest BCUT2D eigenvalue weighted by atomic mass is 35.5. The van der Waals surface area contributed by atoms with Crippen molar-refractivity contribution in [2.75, 3.05) is 38.4 Å². The maximum atomic E-state index is 14.3. The first-order chi connectivity index (χ1) is 33.1. The molecule has 1 aromatic rings. The molecule has 2 fully saturated rings. The van der Waals surface area contributed by atoms with Crippen molar-refractivity contribution in [3.05, 3.63) is 52.1 Å². The molecule has 0 spiro atoms. The lowest BCUT2D eigenvalue weighted by molar-refractivity contribution is -0.162. The number of allylic oxidation sites excluding steroid dienone is 3. The van der Waals surface area contributed by atoms with Gasteiger partial charge in [0, 0.05) is 64.8 Å². The van der Waals surface area contributed by atoms with Crippen LogP contribution in [0.1, 0.15) is 148 Å². The van der Waals surface area contributed by atoms with Gasteiger partial charge in [-0.15, -0.1) is 0 Å². The van der Waals surface area contributed by atoms with Gasteiger partial charge in [-0.25, -0.2) is 9.59 Å². The first-order valence-corrected chi connectivity index (χ1v) is 26.8. The summed E-state index contributed by atoms with van der Waals surface area (Å²) >= 11 is 6.77. The van der Waals surface area contributed by atoms with Crippen LogP contribution in [0.15, 0.2) is 35.9 Å². The van der Waals surface area contributed by atoms with E-state index in [9.17, 15) is 34.2 Å². The fraction of sp³-hybridized carbons (Fsp3) is 0.706. The first-order valence-electron chi connectivity index (χ1n) is 25.1. The number of aliphatic hydroxyl groups excluding tert-OH is 1. The van der Waals surface area contributed by atoms with Crippen molar-refractivity contribution in [1.29, 1.82) is 0 Å². The van der Waals surface area contributed by atoms with E-state index in [1.165, 1.54) is 31.4 Å². The van der Waals surface area contributed by atoms with Crippen molar-refractivity contribution in [1.82, 2.24) is 15.5 Å². The number of epoxide rings is 1. The second kappa shape index (κ2) is 31.2. The zero-order valence-corrected chi connectivity index (χ0v) is 47.0. The number of hydrogen-bond acceptors (Lipinski definition) is 13. The molecule has 396 valence electrons. The molecule has 0 unspecified atom stereocenters. The van der Waals surface area contributed by atoms with Crippen LogP contribution in [-0.4, -0.2) is 125 Å². The number of likely N-dealkylation sites (N-methyl/N-ethyl adjacent to an activating group) is 1. The number of rotatable bonds is 15. The minimum Gasteiger partial charge on any atom is -0.457 e. The minimum absolute atomic E-state index is 0.0342. The molecule has 3 aliphatic heterocycles. The smallest absolute Gasteiger partial charge is 0.409 e. The summed E-state index contributed by atoms with van der Waals surface area (Å²) in [7, 11) is 9.08. The monoisotopic (exact) mass is 1030 g/mol. The van der Waals surface area contributed by atoms with Gasteiger partial charge in [0.05, 0.1) is 29.8 Å². The van der Waals surface area contributed by atoms with Gasteiger partial charge in [0.2, 0.25) is 17.7 Å². The Kier molecular flexibility index (Phi) is 28.8. The summed E-state index contributed by atoms with van der Waals surface area (Å²) in [5.41, 5.74) is -0.681. The number of halogens is 1. The summed E-state index contributed by atoms with van der Waals surface area (Å²) in [5.74, 6) is -1.21. The van der Waals surface area contributed by atoms with E-state index in [1.807, 2.05) is 75.3 Å². The molecule has 0 radical (unpaired) electrons. The average Bonchev–Trinajstić information content (AvgIpc) is 4.05. The third kappa shape index (κ3) is 19.0. The van der Waals surface area contributed by atoms with Crippen LogP contribution >= 0.6 is 33.2 Å². The minimum atomic E-state index is -1.85. The summed E-state index contributed by atoms with van der Waals surface area (Å²) in [6, 6.07) is 2.50. The van der Waals surface area contributed by atoms with Gasteiger partial charge in [0.25, 0.3) is 0 Å². The van der Waals surface area contributed by atoms with Crippen molar-refractivity contribution in [3.8, 4) is 0 Å². The molecule has 4 N–H and O–H groups in total. The molecule has 2 saturated heterocycles. The molecule has 18 heteroatoms. The van der Waals surface area contributed by atoms with Crippen molar-refractivity contribution in [2.24, 2.45) is 5.92 Å². The number of methoxy groups -OCH3 is 1. The summed E-state index contributed by atoms with van der Waals surface area (Å²) in [6.07, 6.45) is 2.56. The number of anilines is 1. The standard InChI is InChI=1S/C44H65ClN4O11S2.3C2H6.CH4/c1-11-46-35(51)16-13-19-61-62-42(5,6)18-17-36(52)48(8)28(4)40(54)59-34-23-37(53)49(9)31-22-29(21-30(25-50)38(31)45)20-26(2)14-12-15-33(57-10)44(56)24-32(58-41(55)47-44)27(3)39-43(34,7)60-39;3*1-2;/h12,14-15,21-22,27-28,32-34,39,50,56H,11,13,16-20,23-25H2,1-10H3,(H,46,51)(H,47,55);3*1-2H3;1H4/b15-12+,26-14+;;;;/t27-,28+,32+,33-,34+,39+,43+,44+;;;;/m1..../s1/i;;;;1D. The predicted octanol–water partition coefficient (Wildman–Crippen LogP) is 9.57. The molecule has 0 aromatic heterocycles. The molecule has 4 amide bonds. The second-order valence-electron chi connectivity index (χ2n) is 17.2. The van der Waals surface area contributed by atoms with E-state index >= 15 is 0 Å². The highest BCUT2D eigenvalue weighted by molar-refractivity contribution is 8.77. The summed E-state index contributed by atoms with van der Waals surface area (Å²) in [4.78, 5) is 69.2. The van der Waals surface area contributed by atoms with Crippen molar-refractivity contribution >= 4 is 68.7 Å². The number of carbonyl (C=O) groups excluding carboxylic acids is 5. The number of ether oxygens (including phenoxy) is 4. The van der Waals surface area contributed by atoms with Crippen LogP contribution in [0.3, 0.4) is 0 Å². The number of hydrogen-bond donors (Lipinski definition) is 4. The van der Waals surface area contributed by atoms with Crippen molar-refractivity contribution in [3.63, 3.8) is 0 Å². The zero-order chi connectivity index (χ0) is 54.2. The molecule has 8 atom stereocenters. The fourth-order valence-corrected chi connectivity index (χ4v) is 10.6. The van der Waals surface area contributed by atoms with Crippen molar-refractivity contribution < 1.29 is 54.5 Å². The molecule has 3 heterocycles. The van der Waals surface area contributed by atoms with Gasteiger partial charge < -0.3 is 44.3 Å². The van der Waals surface area contributed by atoms with Crippen LogP contribution in [0.2, 0.25) is 5.02 Å². The molecular weight excluding hydrogens is 944 g/mol. The van der Waals surface area contributed by atoms with E-state index in [0.29, 0.717) is 37.1 Å². The largest absolute Gasteiger partial charge is 0.457 e. The topological polar surface area (TPSA) is 197 Å². The quantitative estimate of drug-likeness (QED) is 0.0562. The predicted molar refractivity (Wildman–Crippen MR) is 282 cm³/mol.